The van der Waals surface area contributed by atoms with E-state index in [2.05, 4.69) is 276 Å². The minimum absolute atomic E-state index is 1.09. The van der Waals surface area contributed by atoms with Gasteiger partial charge in [-0.1, -0.05) is 218 Å². The highest BCUT2D eigenvalue weighted by atomic mass is 28.3. The Morgan fingerprint density at radius 3 is 1.35 bits per heavy atom. The van der Waals surface area contributed by atoms with Gasteiger partial charge < -0.3 is 9.47 Å². The van der Waals surface area contributed by atoms with Gasteiger partial charge >= 0.3 is 0 Å². The Morgan fingerprint density at radius 1 is 0.302 bits per heavy atom. The first-order chi connectivity index (χ1) is 31.3. The van der Waals surface area contributed by atoms with Gasteiger partial charge in [0, 0.05) is 33.4 Å². The van der Waals surface area contributed by atoms with Crippen LogP contribution in [0.4, 0.5) is 17.1 Å². The summed E-state index contributed by atoms with van der Waals surface area (Å²) >= 11 is 0. The molecule has 0 aliphatic carbocycles. The van der Waals surface area contributed by atoms with Crippen LogP contribution in [0, 0.1) is 0 Å². The number of rotatable bonds is 10. The third-order valence-electron chi connectivity index (χ3n) is 12.6. The highest BCUT2D eigenvalue weighted by Gasteiger charge is 2.41. The summed E-state index contributed by atoms with van der Waals surface area (Å²) in [6.45, 7) is 0. The lowest BCUT2D eigenvalue weighted by Gasteiger charge is -2.34. The number of anilines is 3. The molecule has 2 nitrogen and oxygen atoms in total. The molecule has 0 aliphatic heterocycles. The molecule has 0 spiro atoms. The predicted molar refractivity (Wildman–Crippen MR) is 270 cm³/mol. The van der Waals surface area contributed by atoms with E-state index < -0.39 is 8.07 Å². The molecule has 0 saturated heterocycles. The second-order valence-corrected chi connectivity index (χ2v) is 19.9. The van der Waals surface area contributed by atoms with E-state index in [1.807, 2.05) is 0 Å². The van der Waals surface area contributed by atoms with Crippen molar-refractivity contribution in [2.45, 2.75) is 0 Å². The van der Waals surface area contributed by atoms with Gasteiger partial charge in [-0.15, -0.1) is 0 Å². The van der Waals surface area contributed by atoms with E-state index in [4.69, 9.17) is 0 Å². The van der Waals surface area contributed by atoms with E-state index in [0.717, 1.165) is 22.7 Å². The normalized spacial score (nSPS) is 11.5. The van der Waals surface area contributed by atoms with Crippen molar-refractivity contribution < 1.29 is 0 Å². The van der Waals surface area contributed by atoms with Crippen molar-refractivity contribution >= 4 is 67.7 Å². The molecule has 3 heteroatoms. The zero-order valence-corrected chi connectivity index (χ0v) is 35.8. The van der Waals surface area contributed by atoms with Crippen LogP contribution in [0.5, 0.6) is 0 Å². The first-order valence-corrected chi connectivity index (χ1v) is 23.7. The standard InChI is InChI=1S/C60H44N2Si/c1-6-20-47(21-7-1)55-30-16-18-32-58(55)61(50-40-43-57-56-31-17-19-33-59(56)62(60(57)44-50)48-22-8-2-9-23-48)49-38-34-45(35-39-49)46-36-41-54(42-37-46)63(51-24-10-3-11-25-51,52-26-12-4-13-27-52)53-28-14-5-15-29-53/h1-44H. The number of hydrogen-bond acceptors (Lipinski definition) is 1. The molecular weight excluding hydrogens is 777 g/mol. The van der Waals surface area contributed by atoms with Crippen molar-refractivity contribution in [1.82, 2.24) is 4.57 Å². The summed E-state index contributed by atoms with van der Waals surface area (Å²) in [5, 5.41) is 7.95. The molecule has 0 radical (unpaired) electrons. The Morgan fingerprint density at radius 2 is 0.746 bits per heavy atom. The maximum absolute atomic E-state index is 2.62. The molecule has 63 heavy (non-hydrogen) atoms. The zero-order chi connectivity index (χ0) is 42.0. The summed E-state index contributed by atoms with van der Waals surface area (Å²) < 4.78 is 2.40. The Bertz CT molecular complexity index is 3200. The van der Waals surface area contributed by atoms with Gasteiger partial charge in [-0.2, -0.15) is 0 Å². The first kappa shape index (κ1) is 38.0. The molecule has 0 saturated carbocycles. The summed E-state index contributed by atoms with van der Waals surface area (Å²) in [7, 11) is -2.62. The van der Waals surface area contributed by atoms with Crippen molar-refractivity contribution in [1.29, 1.82) is 0 Å². The molecule has 0 N–H and O–H groups in total. The summed E-state index contributed by atoms with van der Waals surface area (Å²) in [5.41, 5.74) is 11.5. The number of benzene rings is 10. The van der Waals surface area contributed by atoms with Crippen molar-refractivity contribution in [3.05, 3.63) is 267 Å². The molecule has 298 valence electrons. The van der Waals surface area contributed by atoms with Gasteiger partial charge in [0.2, 0.25) is 0 Å². The Kier molecular flexibility index (Phi) is 9.93. The lowest BCUT2D eigenvalue weighted by molar-refractivity contribution is 1.18. The van der Waals surface area contributed by atoms with Crippen LogP contribution in [-0.4, -0.2) is 12.6 Å². The van der Waals surface area contributed by atoms with Gasteiger partial charge in [-0.25, -0.2) is 0 Å². The number of fused-ring (bicyclic) bond motifs is 3. The van der Waals surface area contributed by atoms with Crippen LogP contribution in [0.1, 0.15) is 0 Å². The smallest absolute Gasteiger partial charge is 0.179 e. The second kappa shape index (κ2) is 16.5. The molecule has 10 aromatic carbocycles. The predicted octanol–water partition coefficient (Wildman–Crippen LogP) is 13.0. The Hall–Kier alpha value is -7.98. The quantitative estimate of drug-likeness (QED) is 0.0985. The van der Waals surface area contributed by atoms with Gasteiger partial charge in [0.1, 0.15) is 0 Å². The molecule has 1 heterocycles. The minimum atomic E-state index is -2.62. The van der Waals surface area contributed by atoms with Crippen LogP contribution in [0.3, 0.4) is 0 Å². The molecule has 0 amide bonds. The molecule has 0 aliphatic rings. The minimum Gasteiger partial charge on any atom is -0.310 e. The lowest BCUT2D eigenvalue weighted by Crippen LogP contribution is -2.74. The van der Waals surface area contributed by atoms with E-state index in [0.29, 0.717) is 0 Å². The van der Waals surface area contributed by atoms with Gasteiger partial charge in [0.15, 0.2) is 8.07 Å². The summed E-state index contributed by atoms with van der Waals surface area (Å²) in [6, 6.07) is 97.7. The number of nitrogens with zero attached hydrogens (tertiary/aromatic N) is 2. The van der Waals surface area contributed by atoms with E-state index >= 15 is 0 Å². The van der Waals surface area contributed by atoms with Crippen molar-refractivity contribution in [3.8, 4) is 27.9 Å². The van der Waals surface area contributed by atoms with Crippen LogP contribution >= 0.6 is 0 Å². The number of para-hydroxylation sites is 3. The van der Waals surface area contributed by atoms with Gasteiger partial charge in [0.05, 0.1) is 16.7 Å². The number of aromatic nitrogens is 1. The van der Waals surface area contributed by atoms with Crippen LogP contribution in [0.2, 0.25) is 0 Å². The highest BCUT2D eigenvalue weighted by Crippen LogP contribution is 2.43. The maximum Gasteiger partial charge on any atom is 0.179 e. The Balaban J connectivity index is 1.04. The molecular formula is C60H44N2Si. The third kappa shape index (κ3) is 6.76. The molecule has 0 fully saturated rings. The lowest BCUT2D eigenvalue weighted by atomic mass is 10.0. The third-order valence-corrected chi connectivity index (χ3v) is 17.4. The van der Waals surface area contributed by atoms with Gasteiger partial charge in [-0.05, 0) is 86.0 Å². The van der Waals surface area contributed by atoms with Crippen LogP contribution < -0.4 is 25.6 Å². The zero-order valence-electron chi connectivity index (χ0n) is 34.8. The first-order valence-electron chi connectivity index (χ1n) is 21.7. The number of hydrogen-bond donors (Lipinski definition) is 0. The van der Waals surface area contributed by atoms with Crippen molar-refractivity contribution in [3.63, 3.8) is 0 Å². The topological polar surface area (TPSA) is 8.17 Å². The van der Waals surface area contributed by atoms with Crippen LogP contribution in [-0.2, 0) is 0 Å². The summed E-state index contributed by atoms with van der Waals surface area (Å²) in [4.78, 5) is 2.42. The SMILES string of the molecule is c1ccc(-c2ccccc2N(c2ccc(-c3ccc([Si](c4ccccc4)(c4ccccc4)c4ccccc4)cc3)cc2)c2ccc3c4ccccc4n(-c4ccccc4)c3c2)cc1. The fraction of sp³-hybridized carbons (Fsp3) is 0. The van der Waals surface area contributed by atoms with Crippen LogP contribution in [0.15, 0.2) is 267 Å². The average Bonchev–Trinajstić information content (AvgIpc) is 3.70. The molecule has 0 bridgehead atoms. The molecule has 11 rings (SSSR count). The van der Waals surface area contributed by atoms with Gasteiger partial charge in [0.25, 0.3) is 0 Å². The molecule has 0 unspecified atom stereocenters. The molecule has 11 aromatic rings. The molecule has 1 aromatic heterocycles. The fourth-order valence-electron chi connectivity index (χ4n) is 9.69. The second-order valence-electron chi connectivity index (χ2n) is 16.1. The van der Waals surface area contributed by atoms with Crippen molar-refractivity contribution in [2.24, 2.45) is 0 Å². The van der Waals surface area contributed by atoms with E-state index in [1.54, 1.807) is 0 Å². The maximum atomic E-state index is 2.42. The van der Waals surface area contributed by atoms with Crippen LogP contribution in [0.25, 0.3) is 49.7 Å². The average molecular weight is 821 g/mol. The van der Waals surface area contributed by atoms with Gasteiger partial charge in [-0.3, -0.25) is 0 Å². The molecule has 0 atom stereocenters. The van der Waals surface area contributed by atoms with E-state index in [9.17, 15) is 0 Å². The highest BCUT2D eigenvalue weighted by molar-refractivity contribution is 7.19. The Labute approximate surface area is 370 Å². The summed E-state index contributed by atoms with van der Waals surface area (Å²) in [5.74, 6) is 0. The largest absolute Gasteiger partial charge is 0.310 e. The monoisotopic (exact) mass is 820 g/mol. The summed E-state index contributed by atoms with van der Waals surface area (Å²) in [6.07, 6.45) is 0. The fourth-order valence-corrected chi connectivity index (χ4v) is 14.4. The van der Waals surface area contributed by atoms with E-state index in [-0.39, 0.29) is 0 Å². The van der Waals surface area contributed by atoms with Crippen molar-refractivity contribution in [2.75, 3.05) is 4.90 Å². The van der Waals surface area contributed by atoms with E-state index in [1.165, 1.54) is 64.8 Å².